The van der Waals surface area contributed by atoms with Gasteiger partial charge in [-0.1, -0.05) is 18.2 Å². The van der Waals surface area contributed by atoms with Gasteiger partial charge in [-0.3, -0.25) is 0 Å². The lowest BCUT2D eigenvalue weighted by atomic mass is 10.1. The molecule has 1 aliphatic rings. The van der Waals surface area contributed by atoms with Gasteiger partial charge in [0.2, 0.25) is 0 Å². The van der Waals surface area contributed by atoms with Gasteiger partial charge in [0.15, 0.2) is 0 Å². The molecule has 0 aliphatic carbocycles. The molecule has 0 saturated heterocycles. The van der Waals surface area contributed by atoms with Crippen LogP contribution in [-0.4, -0.2) is 24.7 Å². The second-order valence-corrected chi connectivity index (χ2v) is 6.87. The number of benzene rings is 2. The Hall–Kier alpha value is -2.20. The molecule has 0 radical (unpaired) electrons. The van der Waals surface area contributed by atoms with Crippen LogP contribution in [0.5, 0.6) is 5.75 Å². The summed E-state index contributed by atoms with van der Waals surface area (Å²) in [7, 11) is 1.75. The molecule has 1 aliphatic heterocycles. The molecule has 23 heavy (non-hydrogen) atoms. The van der Waals surface area contributed by atoms with Crippen LogP contribution in [0.3, 0.4) is 0 Å². The first-order valence-electron chi connectivity index (χ1n) is 7.94. The number of ether oxygens (including phenoxy) is 1. The Morgan fingerprint density at radius 3 is 2.65 bits per heavy atom. The summed E-state index contributed by atoms with van der Waals surface area (Å²) in [6.07, 6.45) is 4.60. The van der Waals surface area contributed by atoms with Crippen LogP contribution in [0.1, 0.15) is 13.8 Å². The number of anilines is 1. The van der Waals surface area contributed by atoms with Crippen molar-refractivity contribution < 1.29 is 4.74 Å². The van der Waals surface area contributed by atoms with Gasteiger partial charge in [-0.25, -0.2) is 0 Å². The van der Waals surface area contributed by atoms with Crippen LogP contribution in [-0.2, 0) is 0 Å². The fourth-order valence-electron chi connectivity index (χ4n) is 3.32. The topological polar surface area (TPSA) is 15.7 Å². The van der Waals surface area contributed by atoms with Gasteiger partial charge >= 0.3 is 0 Å². The predicted molar refractivity (Wildman–Crippen MR) is 99.3 cm³/mol. The molecule has 0 spiro atoms. The van der Waals surface area contributed by atoms with Crippen LogP contribution in [0.2, 0.25) is 0 Å². The summed E-state index contributed by atoms with van der Waals surface area (Å²) >= 11 is 1.84. The highest BCUT2D eigenvalue weighted by Gasteiger charge is 2.25. The number of nitrogens with zero attached hydrogens (tertiary/aromatic N) is 2. The van der Waals surface area contributed by atoms with Gasteiger partial charge in [0.05, 0.1) is 12.8 Å². The second kappa shape index (κ2) is 5.46. The molecule has 118 valence electrons. The Bertz CT molecular complexity index is 899. The van der Waals surface area contributed by atoms with E-state index in [1.54, 1.807) is 7.11 Å². The number of rotatable bonds is 3. The van der Waals surface area contributed by atoms with Gasteiger partial charge in [0, 0.05) is 39.1 Å². The normalized spacial score (nSPS) is 17.6. The molecule has 0 bridgehead atoms. The third-order valence-electron chi connectivity index (χ3n) is 4.62. The molecule has 3 aromatic rings. The number of thiophene rings is 1. The lowest BCUT2D eigenvalue weighted by molar-refractivity contribution is 0.332. The quantitative estimate of drug-likeness (QED) is 0.672. The molecular formula is C19H20N2OS. The predicted octanol–water partition coefficient (Wildman–Crippen LogP) is 5.02. The molecule has 4 heteroatoms. The van der Waals surface area contributed by atoms with E-state index in [9.17, 15) is 0 Å². The molecule has 2 heterocycles. The molecule has 1 aromatic heterocycles. The maximum absolute atomic E-state index is 5.71. The highest BCUT2D eigenvalue weighted by Crippen LogP contribution is 2.42. The highest BCUT2D eigenvalue weighted by atomic mass is 32.1. The Labute approximate surface area is 140 Å². The average molecular weight is 324 g/mol. The van der Waals surface area contributed by atoms with E-state index in [2.05, 4.69) is 72.4 Å². The van der Waals surface area contributed by atoms with E-state index in [-0.39, 0.29) is 0 Å². The molecule has 2 aromatic carbocycles. The van der Waals surface area contributed by atoms with Crippen molar-refractivity contribution in [3.63, 3.8) is 0 Å². The first-order chi connectivity index (χ1) is 11.2. The number of fused-ring (bicyclic) bond motifs is 3. The summed E-state index contributed by atoms with van der Waals surface area (Å²) in [4.78, 5) is 4.60. The van der Waals surface area contributed by atoms with Crippen molar-refractivity contribution in [3.05, 3.63) is 48.8 Å². The van der Waals surface area contributed by atoms with Gasteiger partial charge in [0.1, 0.15) is 11.9 Å². The van der Waals surface area contributed by atoms with E-state index in [0.29, 0.717) is 6.17 Å². The molecule has 0 saturated carbocycles. The molecule has 0 unspecified atom stereocenters. The van der Waals surface area contributed by atoms with Crippen LogP contribution < -0.4 is 9.64 Å². The minimum Gasteiger partial charge on any atom is -0.495 e. The number of methoxy groups -OCH3 is 1. The maximum Gasteiger partial charge on any atom is 0.143 e. The first kappa shape index (κ1) is 14.4. The van der Waals surface area contributed by atoms with Gasteiger partial charge in [-0.05, 0) is 32.0 Å². The summed E-state index contributed by atoms with van der Waals surface area (Å²) in [5.74, 6) is 0.926. The minimum atomic E-state index is 0.306. The maximum atomic E-state index is 5.71. The third-order valence-corrected chi connectivity index (χ3v) is 5.76. The lowest BCUT2D eigenvalue weighted by Gasteiger charge is -2.30. The first-order valence-corrected chi connectivity index (χ1v) is 8.76. The Morgan fingerprint density at radius 1 is 1.09 bits per heavy atom. The Balaban J connectivity index is 1.90. The van der Waals surface area contributed by atoms with Crippen molar-refractivity contribution in [1.82, 2.24) is 4.90 Å². The molecule has 0 fully saturated rings. The van der Waals surface area contributed by atoms with Gasteiger partial charge in [-0.15, -0.1) is 11.3 Å². The van der Waals surface area contributed by atoms with Crippen LogP contribution >= 0.6 is 11.3 Å². The lowest BCUT2D eigenvalue weighted by Crippen LogP contribution is -2.35. The minimum absolute atomic E-state index is 0.306. The zero-order valence-corrected chi connectivity index (χ0v) is 14.4. The van der Waals surface area contributed by atoms with Crippen molar-refractivity contribution >= 4 is 37.2 Å². The largest absolute Gasteiger partial charge is 0.495 e. The van der Waals surface area contributed by atoms with Gasteiger partial charge < -0.3 is 14.5 Å². The van der Waals surface area contributed by atoms with E-state index in [0.717, 1.165) is 18.0 Å². The third kappa shape index (κ3) is 2.17. The van der Waals surface area contributed by atoms with Gasteiger partial charge in [-0.2, -0.15) is 0 Å². The number of hydrogen-bond acceptors (Lipinski definition) is 4. The fraction of sp³-hybridized carbons (Fsp3) is 0.263. The van der Waals surface area contributed by atoms with Gasteiger partial charge in [0.25, 0.3) is 0 Å². The van der Waals surface area contributed by atoms with E-state index >= 15 is 0 Å². The Morgan fingerprint density at radius 2 is 1.91 bits per heavy atom. The Kier molecular flexibility index (Phi) is 3.42. The summed E-state index contributed by atoms with van der Waals surface area (Å²) in [5.41, 5.74) is 1.13. The monoisotopic (exact) mass is 324 g/mol. The zero-order chi connectivity index (χ0) is 16.0. The summed E-state index contributed by atoms with van der Waals surface area (Å²) in [6, 6.07) is 13.0. The van der Waals surface area contributed by atoms with E-state index in [1.165, 1.54) is 20.2 Å². The standard InChI is InChI=1S/C19H20N2OS/c1-4-20-9-10-21(13(20)2)16-12-19-15(11-17(16)22-3)14-7-5-6-8-18(14)23-19/h5-13H,4H2,1-3H3/t13-/m0/s1. The van der Waals surface area contributed by atoms with E-state index < -0.39 is 0 Å². The average Bonchev–Trinajstić information content (AvgIpc) is 3.13. The number of hydrogen-bond donors (Lipinski definition) is 0. The van der Waals surface area contributed by atoms with Crippen LogP contribution in [0.4, 0.5) is 5.69 Å². The van der Waals surface area contributed by atoms with E-state index in [4.69, 9.17) is 4.74 Å². The molecule has 0 N–H and O–H groups in total. The smallest absolute Gasteiger partial charge is 0.143 e. The van der Waals surface area contributed by atoms with Crippen LogP contribution in [0.25, 0.3) is 20.2 Å². The van der Waals surface area contributed by atoms with Crippen molar-refractivity contribution in [2.75, 3.05) is 18.6 Å². The summed E-state index contributed by atoms with van der Waals surface area (Å²) in [6.45, 7) is 5.40. The van der Waals surface area contributed by atoms with Crippen molar-refractivity contribution in [2.45, 2.75) is 20.0 Å². The molecule has 4 rings (SSSR count). The molecule has 3 nitrogen and oxygen atoms in total. The SMILES string of the molecule is CCN1C=CN(c2cc3sc4ccccc4c3cc2OC)[C@H]1C. The molecule has 1 atom stereocenters. The van der Waals surface area contributed by atoms with Crippen molar-refractivity contribution in [2.24, 2.45) is 0 Å². The zero-order valence-electron chi connectivity index (χ0n) is 13.6. The van der Waals surface area contributed by atoms with E-state index in [1.807, 2.05) is 11.3 Å². The highest BCUT2D eigenvalue weighted by molar-refractivity contribution is 7.25. The summed E-state index contributed by atoms with van der Waals surface area (Å²) < 4.78 is 8.34. The van der Waals surface area contributed by atoms with Crippen LogP contribution in [0.15, 0.2) is 48.8 Å². The molecule has 0 amide bonds. The molecular weight excluding hydrogens is 304 g/mol. The fourth-order valence-corrected chi connectivity index (χ4v) is 4.44. The summed E-state index contributed by atoms with van der Waals surface area (Å²) in [5, 5.41) is 2.58. The van der Waals surface area contributed by atoms with Crippen LogP contribution in [0, 0.1) is 0 Å². The van der Waals surface area contributed by atoms with Crippen molar-refractivity contribution in [1.29, 1.82) is 0 Å². The van der Waals surface area contributed by atoms with Crippen molar-refractivity contribution in [3.8, 4) is 5.75 Å². The second-order valence-electron chi connectivity index (χ2n) is 5.79.